The molecule has 0 spiro atoms. The largest absolute Gasteiger partial charge is 0.0651 e. The zero-order chi connectivity index (χ0) is 12.4. The predicted molar refractivity (Wildman–Crippen MR) is 75.8 cm³/mol. The molecule has 0 N–H and O–H groups in total. The van der Waals surface area contributed by atoms with E-state index in [4.69, 9.17) is 0 Å². The van der Waals surface area contributed by atoms with Crippen molar-refractivity contribution < 1.29 is 0 Å². The molecule has 0 aromatic rings. The maximum atomic E-state index is 2.42. The number of hydrogen-bond donors (Lipinski definition) is 0. The zero-order valence-electron chi connectivity index (χ0n) is 12.4. The van der Waals surface area contributed by atoms with E-state index in [2.05, 4.69) is 34.6 Å². The third-order valence-electron chi connectivity index (χ3n) is 3.71. The van der Waals surface area contributed by atoms with E-state index in [9.17, 15) is 0 Å². The van der Waals surface area contributed by atoms with Crippen molar-refractivity contribution in [2.24, 2.45) is 17.8 Å². The molecule has 0 nitrogen and oxygen atoms in total. The first-order chi connectivity index (χ1) is 7.56. The lowest BCUT2D eigenvalue weighted by Crippen LogP contribution is -2.00. The van der Waals surface area contributed by atoms with Gasteiger partial charge in [0.25, 0.3) is 0 Å². The third kappa shape index (κ3) is 10.5. The Morgan fingerprint density at radius 2 is 1.19 bits per heavy atom. The van der Waals surface area contributed by atoms with Crippen molar-refractivity contribution in [3.05, 3.63) is 0 Å². The molecule has 0 bridgehead atoms. The lowest BCUT2D eigenvalue weighted by molar-refractivity contribution is 0.394. The van der Waals surface area contributed by atoms with Crippen LogP contribution in [0.4, 0.5) is 0 Å². The number of unbranched alkanes of at least 4 members (excludes halogenated alkanes) is 3. The van der Waals surface area contributed by atoms with Crippen LogP contribution in [0, 0.1) is 17.8 Å². The molecule has 2 atom stereocenters. The molecule has 0 fully saturated rings. The van der Waals surface area contributed by atoms with Crippen molar-refractivity contribution >= 4 is 0 Å². The highest BCUT2D eigenvalue weighted by Gasteiger charge is 2.04. The highest BCUT2D eigenvalue weighted by atomic mass is 14.1. The minimum absolute atomic E-state index is 0.875. The summed E-state index contributed by atoms with van der Waals surface area (Å²) in [7, 11) is 0. The van der Waals surface area contributed by atoms with E-state index in [0.29, 0.717) is 0 Å². The van der Waals surface area contributed by atoms with E-state index < -0.39 is 0 Å². The van der Waals surface area contributed by atoms with Crippen LogP contribution in [0.5, 0.6) is 0 Å². The Morgan fingerprint density at radius 3 is 1.62 bits per heavy atom. The second-order valence-electron chi connectivity index (χ2n) is 6.24. The Kier molecular flexibility index (Phi) is 10.2. The van der Waals surface area contributed by atoms with Gasteiger partial charge in [0, 0.05) is 0 Å². The van der Waals surface area contributed by atoms with Gasteiger partial charge < -0.3 is 0 Å². The molecule has 0 heteroatoms. The molecule has 0 aromatic carbocycles. The molecule has 2 unspecified atom stereocenters. The Bertz CT molecular complexity index is 137. The predicted octanol–water partition coefficient (Wildman–Crippen LogP) is 6.06. The summed E-state index contributed by atoms with van der Waals surface area (Å²) in [4.78, 5) is 0. The quantitative estimate of drug-likeness (QED) is 0.397. The van der Waals surface area contributed by atoms with Crippen molar-refractivity contribution in [1.82, 2.24) is 0 Å². The lowest BCUT2D eigenvalue weighted by atomic mass is 9.93. The van der Waals surface area contributed by atoms with Crippen molar-refractivity contribution in [2.75, 3.05) is 0 Å². The van der Waals surface area contributed by atoms with Gasteiger partial charge in [0.1, 0.15) is 0 Å². The van der Waals surface area contributed by atoms with Gasteiger partial charge >= 0.3 is 0 Å². The summed E-state index contributed by atoms with van der Waals surface area (Å²) in [5.41, 5.74) is 0. The fraction of sp³-hybridized carbons (Fsp3) is 1.00. The van der Waals surface area contributed by atoms with Gasteiger partial charge in [-0.2, -0.15) is 0 Å². The van der Waals surface area contributed by atoms with E-state index in [1.165, 1.54) is 51.4 Å². The Balaban J connectivity index is 3.20. The standard InChI is InChI=1S/C16H34/c1-6-15(4)11-9-7-8-10-12-16(5)13-14(2)3/h14-16H,6-13H2,1-5H3. The molecular formula is C16H34. The van der Waals surface area contributed by atoms with E-state index in [0.717, 1.165) is 17.8 Å². The van der Waals surface area contributed by atoms with Crippen LogP contribution in [0.25, 0.3) is 0 Å². The van der Waals surface area contributed by atoms with Crippen molar-refractivity contribution in [3.63, 3.8) is 0 Å². The van der Waals surface area contributed by atoms with Gasteiger partial charge in [0.05, 0.1) is 0 Å². The fourth-order valence-corrected chi connectivity index (χ4v) is 2.47. The Morgan fingerprint density at radius 1 is 0.688 bits per heavy atom. The summed E-state index contributed by atoms with van der Waals surface area (Å²) in [6.07, 6.45) is 11.5. The number of hydrogen-bond acceptors (Lipinski definition) is 0. The van der Waals surface area contributed by atoms with Gasteiger partial charge in [-0.15, -0.1) is 0 Å². The second kappa shape index (κ2) is 10.2. The van der Waals surface area contributed by atoms with Crippen molar-refractivity contribution in [2.45, 2.75) is 86.0 Å². The topological polar surface area (TPSA) is 0 Å². The monoisotopic (exact) mass is 226 g/mol. The molecule has 0 amide bonds. The summed E-state index contributed by atoms with van der Waals surface area (Å²) >= 11 is 0. The third-order valence-corrected chi connectivity index (χ3v) is 3.71. The molecule has 0 aliphatic rings. The lowest BCUT2D eigenvalue weighted by Gasteiger charge is -2.13. The molecular weight excluding hydrogens is 192 g/mol. The van der Waals surface area contributed by atoms with Crippen molar-refractivity contribution in [1.29, 1.82) is 0 Å². The van der Waals surface area contributed by atoms with Crippen LogP contribution in [0.2, 0.25) is 0 Å². The van der Waals surface area contributed by atoms with Crippen LogP contribution >= 0.6 is 0 Å². The highest BCUT2D eigenvalue weighted by Crippen LogP contribution is 2.19. The molecule has 16 heavy (non-hydrogen) atoms. The van der Waals surface area contributed by atoms with E-state index in [1.807, 2.05) is 0 Å². The maximum Gasteiger partial charge on any atom is -0.0440 e. The minimum Gasteiger partial charge on any atom is -0.0651 e. The van der Waals surface area contributed by atoms with E-state index >= 15 is 0 Å². The molecule has 0 heterocycles. The van der Waals surface area contributed by atoms with Gasteiger partial charge in [-0.1, -0.05) is 79.6 Å². The molecule has 0 aliphatic heterocycles. The summed E-state index contributed by atoms with van der Waals surface area (Å²) in [6, 6.07) is 0. The average molecular weight is 226 g/mol. The van der Waals surface area contributed by atoms with Gasteiger partial charge in [0.15, 0.2) is 0 Å². The first kappa shape index (κ1) is 16.0. The minimum atomic E-state index is 0.875. The van der Waals surface area contributed by atoms with E-state index in [1.54, 1.807) is 0 Å². The molecule has 98 valence electrons. The maximum absolute atomic E-state index is 2.42. The van der Waals surface area contributed by atoms with Gasteiger partial charge in [-0.05, 0) is 24.2 Å². The molecule has 0 aromatic heterocycles. The molecule has 0 radical (unpaired) electrons. The fourth-order valence-electron chi connectivity index (χ4n) is 2.47. The van der Waals surface area contributed by atoms with Crippen LogP contribution in [0.1, 0.15) is 86.0 Å². The highest BCUT2D eigenvalue weighted by molar-refractivity contribution is 4.57. The molecule has 0 saturated heterocycles. The van der Waals surface area contributed by atoms with Gasteiger partial charge in [-0.25, -0.2) is 0 Å². The van der Waals surface area contributed by atoms with Gasteiger partial charge in [-0.3, -0.25) is 0 Å². The Labute approximate surface area is 104 Å². The molecule has 0 saturated carbocycles. The first-order valence-corrected chi connectivity index (χ1v) is 7.56. The first-order valence-electron chi connectivity index (χ1n) is 7.56. The Hall–Kier alpha value is 0. The van der Waals surface area contributed by atoms with Crippen LogP contribution in [-0.4, -0.2) is 0 Å². The summed E-state index contributed by atoms with van der Waals surface area (Å²) < 4.78 is 0. The van der Waals surface area contributed by atoms with Crippen molar-refractivity contribution in [3.8, 4) is 0 Å². The summed E-state index contributed by atoms with van der Waals surface area (Å²) in [5, 5.41) is 0. The summed E-state index contributed by atoms with van der Waals surface area (Å²) in [5.74, 6) is 2.76. The second-order valence-corrected chi connectivity index (χ2v) is 6.24. The SMILES string of the molecule is CCC(C)CCCCCCC(C)CC(C)C. The molecule has 0 rings (SSSR count). The summed E-state index contributed by atoms with van der Waals surface area (Å²) in [6.45, 7) is 11.8. The van der Waals surface area contributed by atoms with Crippen LogP contribution in [0.3, 0.4) is 0 Å². The smallest absolute Gasteiger partial charge is 0.0440 e. The van der Waals surface area contributed by atoms with E-state index in [-0.39, 0.29) is 0 Å². The average Bonchev–Trinajstić information content (AvgIpc) is 2.21. The molecule has 0 aliphatic carbocycles. The van der Waals surface area contributed by atoms with Crippen LogP contribution in [-0.2, 0) is 0 Å². The number of rotatable bonds is 10. The van der Waals surface area contributed by atoms with Gasteiger partial charge in [0.2, 0.25) is 0 Å². The van der Waals surface area contributed by atoms with Crippen LogP contribution in [0.15, 0.2) is 0 Å². The van der Waals surface area contributed by atoms with Crippen LogP contribution < -0.4 is 0 Å². The normalized spacial score (nSPS) is 15.4. The zero-order valence-corrected chi connectivity index (χ0v) is 12.4.